The Bertz CT molecular complexity index is 435. The third-order valence-corrected chi connectivity index (χ3v) is 4.25. The molecule has 6 nitrogen and oxygen atoms in total. The molecule has 2 fully saturated rings. The van der Waals surface area contributed by atoms with Crippen LogP contribution in [0.2, 0.25) is 0 Å². The highest BCUT2D eigenvalue weighted by Crippen LogP contribution is 2.09. The van der Waals surface area contributed by atoms with Gasteiger partial charge in [-0.15, -0.1) is 0 Å². The van der Waals surface area contributed by atoms with E-state index < -0.39 is 0 Å². The molecule has 1 aromatic heterocycles. The maximum atomic E-state index is 12.3. The fraction of sp³-hybridized carbons (Fsp3) is 0.667. The third-order valence-electron chi connectivity index (χ3n) is 4.25. The summed E-state index contributed by atoms with van der Waals surface area (Å²) >= 11 is 0. The molecule has 0 radical (unpaired) electrons. The maximum Gasteiger partial charge on any atom is 0.236 e. The average molecular weight is 292 g/mol. The fourth-order valence-electron chi connectivity index (χ4n) is 2.94. The summed E-state index contributed by atoms with van der Waals surface area (Å²) in [6.07, 6.45) is 1.71. The highest BCUT2D eigenvalue weighted by atomic mass is 16.3. The van der Waals surface area contributed by atoms with Crippen molar-refractivity contribution < 1.29 is 9.21 Å². The molecule has 1 aromatic rings. The van der Waals surface area contributed by atoms with Crippen molar-refractivity contribution >= 4 is 5.91 Å². The summed E-state index contributed by atoms with van der Waals surface area (Å²) in [7, 11) is 0. The monoisotopic (exact) mass is 292 g/mol. The Labute approximate surface area is 125 Å². The van der Waals surface area contributed by atoms with Gasteiger partial charge in [-0.25, -0.2) is 0 Å². The van der Waals surface area contributed by atoms with Gasteiger partial charge in [0.05, 0.1) is 19.4 Å². The molecule has 0 aromatic carbocycles. The van der Waals surface area contributed by atoms with Gasteiger partial charge in [0.1, 0.15) is 5.76 Å². The first kappa shape index (κ1) is 14.6. The molecule has 0 bridgehead atoms. The minimum Gasteiger partial charge on any atom is -0.468 e. The molecule has 3 rings (SSSR count). The summed E-state index contributed by atoms with van der Waals surface area (Å²) in [5.74, 6) is 1.27. The summed E-state index contributed by atoms with van der Waals surface area (Å²) < 4.78 is 5.38. The van der Waals surface area contributed by atoms with Crippen LogP contribution >= 0.6 is 0 Å². The first-order valence-corrected chi connectivity index (χ1v) is 7.77. The number of carbonyl (C=O) groups excluding carboxylic acids is 1. The SMILES string of the molecule is O=C(CN1CCNCC1)N1CCN(Cc2ccco2)CC1. The molecule has 116 valence electrons. The first-order valence-electron chi connectivity index (χ1n) is 7.77. The van der Waals surface area contributed by atoms with Crippen LogP contribution in [0.15, 0.2) is 22.8 Å². The van der Waals surface area contributed by atoms with Gasteiger partial charge < -0.3 is 14.6 Å². The molecule has 1 amide bonds. The fourth-order valence-corrected chi connectivity index (χ4v) is 2.94. The average Bonchev–Trinajstić information content (AvgIpc) is 3.02. The second kappa shape index (κ2) is 7.06. The highest BCUT2D eigenvalue weighted by Gasteiger charge is 2.23. The number of rotatable bonds is 4. The number of hydrogen-bond donors (Lipinski definition) is 1. The minimum absolute atomic E-state index is 0.273. The lowest BCUT2D eigenvalue weighted by atomic mass is 10.2. The zero-order valence-electron chi connectivity index (χ0n) is 12.5. The van der Waals surface area contributed by atoms with Crippen LogP contribution < -0.4 is 5.32 Å². The first-order chi connectivity index (χ1) is 10.3. The molecule has 0 aliphatic carbocycles. The quantitative estimate of drug-likeness (QED) is 0.835. The Morgan fingerprint density at radius 2 is 1.86 bits per heavy atom. The Morgan fingerprint density at radius 1 is 1.10 bits per heavy atom. The van der Waals surface area contributed by atoms with Crippen molar-refractivity contribution in [3.8, 4) is 0 Å². The van der Waals surface area contributed by atoms with E-state index in [-0.39, 0.29) is 5.91 Å². The van der Waals surface area contributed by atoms with Crippen LogP contribution in [0.1, 0.15) is 5.76 Å². The number of nitrogens with zero attached hydrogens (tertiary/aromatic N) is 3. The van der Waals surface area contributed by atoms with E-state index in [9.17, 15) is 4.79 Å². The molecule has 0 atom stereocenters. The van der Waals surface area contributed by atoms with Gasteiger partial charge in [-0.05, 0) is 12.1 Å². The number of furan rings is 1. The lowest BCUT2D eigenvalue weighted by molar-refractivity contribution is -0.134. The van der Waals surface area contributed by atoms with E-state index in [0.29, 0.717) is 6.54 Å². The zero-order valence-corrected chi connectivity index (χ0v) is 12.5. The standard InChI is InChI=1S/C15H24N4O2/c20-15(13-17-5-3-16-4-6-17)19-9-7-18(8-10-19)12-14-2-1-11-21-14/h1-2,11,16H,3-10,12-13H2. The molecule has 0 spiro atoms. The van der Waals surface area contributed by atoms with Crippen LogP contribution in [0.4, 0.5) is 0 Å². The number of amides is 1. The van der Waals surface area contributed by atoms with Crippen LogP contribution in [0.3, 0.4) is 0 Å². The van der Waals surface area contributed by atoms with Crippen LogP contribution in [0.25, 0.3) is 0 Å². The van der Waals surface area contributed by atoms with E-state index in [1.165, 1.54) is 0 Å². The Hall–Kier alpha value is -1.37. The van der Waals surface area contributed by atoms with Gasteiger partial charge >= 0.3 is 0 Å². The smallest absolute Gasteiger partial charge is 0.236 e. The van der Waals surface area contributed by atoms with Crippen molar-refractivity contribution in [2.24, 2.45) is 0 Å². The van der Waals surface area contributed by atoms with E-state index in [2.05, 4.69) is 15.1 Å². The Balaban J connectivity index is 1.41. The molecular formula is C15H24N4O2. The molecule has 3 heterocycles. The van der Waals surface area contributed by atoms with E-state index in [1.807, 2.05) is 17.0 Å². The van der Waals surface area contributed by atoms with Crippen LogP contribution in [-0.4, -0.2) is 79.5 Å². The summed E-state index contributed by atoms with van der Waals surface area (Å²) in [6, 6.07) is 3.92. The lowest BCUT2D eigenvalue weighted by Gasteiger charge is -2.36. The molecule has 2 aliphatic rings. The predicted octanol–water partition coefficient (Wildman–Crippen LogP) is -0.171. The summed E-state index contributed by atoms with van der Waals surface area (Å²) in [5.41, 5.74) is 0. The largest absolute Gasteiger partial charge is 0.468 e. The maximum absolute atomic E-state index is 12.3. The van der Waals surface area contributed by atoms with Crippen molar-refractivity contribution in [2.75, 3.05) is 58.9 Å². The number of carbonyl (C=O) groups is 1. The van der Waals surface area contributed by atoms with Crippen LogP contribution in [0.5, 0.6) is 0 Å². The lowest BCUT2D eigenvalue weighted by Crippen LogP contribution is -2.53. The van der Waals surface area contributed by atoms with Crippen molar-refractivity contribution in [3.63, 3.8) is 0 Å². The normalized spacial score (nSPS) is 21.6. The molecule has 0 saturated carbocycles. The number of nitrogens with one attached hydrogen (secondary N) is 1. The Kier molecular flexibility index (Phi) is 4.90. The summed E-state index contributed by atoms with van der Waals surface area (Å²) in [4.78, 5) is 18.9. The van der Waals surface area contributed by atoms with Crippen LogP contribution in [-0.2, 0) is 11.3 Å². The van der Waals surface area contributed by atoms with Crippen molar-refractivity contribution in [1.82, 2.24) is 20.0 Å². The highest BCUT2D eigenvalue weighted by molar-refractivity contribution is 5.78. The van der Waals surface area contributed by atoms with Gasteiger partial charge in [-0.3, -0.25) is 14.6 Å². The van der Waals surface area contributed by atoms with Gasteiger partial charge in [0.25, 0.3) is 0 Å². The van der Waals surface area contributed by atoms with E-state index in [1.54, 1.807) is 6.26 Å². The third kappa shape index (κ3) is 4.06. The van der Waals surface area contributed by atoms with Crippen molar-refractivity contribution in [2.45, 2.75) is 6.54 Å². The molecule has 1 N–H and O–H groups in total. The predicted molar refractivity (Wildman–Crippen MR) is 79.9 cm³/mol. The summed E-state index contributed by atoms with van der Waals surface area (Å²) in [5, 5.41) is 3.31. The van der Waals surface area contributed by atoms with Gasteiger partial charge in [0.2, 0.25) is 5.91 Å². The minimum atomic E-state index is 0.273. The van der Waals surface area contributed by atoms with Crippen molar-refractivity contribution in [1.29, 1.82) is 0 Å². The number of piperazine rings is 2. The Morgan fingerprint density at radius 3 is 2.52 bits per heavy atom. The van der Waals surface area contributed by atoms with E-state index in [0.717, 1.165) is 64.7 Å². The van der Waals surface area contributed by atoms with Gasteiger partial charge in [0, 0.05) is 52.4 Å². The van der Waals surface area contributed by atoms with Gasteiger partial charge in [-0.2, -0.15) is 0 Å². The van der Waals surface area contributed by atoms with Crippen LogP contribution in [0, 0.1) is 0 Å². The molecule has 6 heteroatoms. The molecule has 21 heavy (non-hydrogen) atoms. The molecule has 2 aliphatic heterocycles. The van der Waals surface area contributed by atoms with Crippen molar-refractivity contribution in [3.05, 3.63) is 24.2 Å². The molecule has 0 unspecified atom stereocenters. The summed E-state index contributed by atoms with van der Waals surface area (Å²) in [6.45, 7) is 8.84. The van der Waals surface area contributed by atoms with Gasteiger partial charge in [-0.1, -0.05) is 0 Å². The zero-order chi connectivity index (χ0) is 14.5. The molecular weight excluding hydrogens is 268 g/mol. The number of hydrogen-bond acceptors (Lipinski definition) is 5. The van der Waals surface area contributed by atoms with Gasteiger partial charge in [0.15, 0.2) is 0 Å². The molecule has 2 saturated heterocycles. The topological polar surface area (TPSA) is 52.0 Å². The van der Waals surface area contributed by atoms with E-state index in [4.69, 9.17) is 4.42 Å². The van der Waals surface area contributed by atoms with E-state index >= 15 is 0 Å². The second-order valence-electron chi connectivity index (χ2n) is 5.76. The second-order valence-corrected chi connectivity index (χ2v) is 5.76.